The van der Waals surface area contributed by atoms with Gasteiger partial charge in [0.15, 0.2) is 0 Å². The molecule has 1 aromatic rings. The van der Waals surface area contributed by atoms with Gasteiger partial charge in [0.05, 0.1) is 6.61 Å². The van der Waals surface area contributed by atoms with Crippen molar-refractivity contribution in [2.75, 3.05) is 13.2 Å². The zero-order chi connectivity index (χ0) is 10.8. The molecule has 0 saturated heterocycles. The quantitative estimate of drug-likeness (QED) is 0.805. The van der Waals surface area contributed by atoms with Crippen LogP contribution in [0.2, 0.25) is 0 Å². The molecule has 1 aromatic carbocycles. The van der Waals surface area contributed by atoms with E-state index in [4.69, 9.17) is 9.84 Å². The van der Waals surface area contributed by atoms with Gasteiger partial charge >= 0.3 is 0 Å². The fourth-order valence-electron chi connectivity index (χ4n) is 2.48. The lowest BCUT2D eigenvalue weighted by molar-refractivity contribution is 0.229. The van der Waals surface area contributed by atoms with E-state index in [9.17, 15) is 0 Å². The minimum atomic E-state index is 0.261. The molecule has 0 spiro atoms. The predicted molar refractivity (Wildman–Crippen MR) is 60.5 cm³/mol. The van der Waals surface area contributed by atoms with E-state index in [2.05, 4.69) is 26.0 Å². The highest BCUT2D eigenvalue weighted by molar-refractivity contribution is 5.46. The lowest BCUT2D eigenvalue weighted by atomic mass is 9.86. The monoisotopic (exact) mass is 206 g/mol. The largest absolute Gasteiger partial charge is 0.493 e. The van der Waals surface area contributed by atoms with Crippen molar-refractivity contribution in [2.24, 2.45) is 0 Å². The Morgan fingerprint density at radius 1 is 1.40 bits per heavy atom. The normalized spacial score (nSPS) is 19.5. The first-order chi connectivity index (χ1) is 7.22. The number of benzene rings is 1. The summed E-state index contributed by atoms with van der Waals surface area (Å²) < 4.78 is 5.68. The van der Waals surface area contributed by atoms with Gasteiger partial charge in [0, 0.05) is 12.2 Å². The third-order valence-electron chi connectivity index (χ3n) is 3.10. The molecule has 2 heteroatoms. The van der Waals surface area contributed by atoms with Crippen LogP contribution in [0.1, 0.15) is 35.4 Å². The molecule has 0 aromatic heterocycles. The number of ether oxygens (including phenoxy) is 1. The van der Waals surface area contributed by atoms with Crippen molar-refractivity contribution in [3.63, 3.8) is 0 Å². The number of hydrogen-bond acceptors (Lipinski definition) is 2. The summed E-state index contributed by atoms with van der Waals surface area (Å²) in [5.41, 5.74) is 3.85. The summed E-state index contributed by atoms with van der Waals surface area (Å²) in [6.45, 7) is 5.26. The fraction of sp³-hybridized carbons (Fsp3) is 0.538. The Labute approximate surface area is 90.9 Å². The third kappa shape index (κ3) is 2.00. The van der Waals surface area contributed by atoms with E-state index in [1.807, 2.05) is 0 Å². The summed E-state index contributed by atoms with van der Waals surface area (Å²) in [6, 6.07) is 4.30. The Morgan fingerprint density at radius 2 is 2.20 bits per heavy atom. The predicted octanol–water partition coefficient (Wildman–Crippen LogP) is 2.55. The summed E-state index contributed by atoms with van der Waals surface area (Å²) in [7, 11) is 0. The first-order valence-electron chi connectivity index (χ1n) is 5.57. The van der Waals surface area contributed by atoms with E-state index < -0.39 is 0 Å². The van der Waals surface area contributed by atoms with Crippen molar-refractivity contribution in [1.29, 1.82) is 0 Å². The molecule has 0 amide bonds. The van der Waals surface area contributed by atoms with Gasteiger partial charge in [0.25, 0.3) is 0 Å². The van der Waals surface area contributed by atoms with Crippen molar-refractivity contribution in [3.8, 4) is 5.75 Å². The second kappa shape index (κ2) is 4.23. The number of rotatable bonds is 2. The number of aryl methyl sites for hydroxylation is 2. The lowest BCUT2D eigenvalue weighted by Gasteiger charge is -2.27. The number of aliphatic hydroxyl groups is 1. The molecule has 82 valence electrons. The molecule has 1 unspecified atom stereocenters. The highest BCUT2D eigenvalue weighted by Crippen LogP contribution is 2.38. The Balaban J connectivity index is 2.41. The summed E-state index contributed by atoms with van der Waals surface area (Å²) in [5, 5.41) is 9.05. The maximum Gasteiger partial charge on any atom is 0.123 e. The topological polar surface area (TPSA) is 29.5 Å². The van der Waals surface area contributed by atoms with Gasteiger partial charge in [0.2, 0.25) is 0 Å². The molecule has 0 bridgehead atoms. The van der Waals surface area contributed by atoms with Gasteiger partial charge < -0.3 is 9.84 Å². The Morgan fingerprint density at radius 3 is 2.93 bits per heavy atom. The van der Waals surface area contributed by atoms with E-state index in [-0.39, 0.29) is 6.61 Å². The first kappa shape index (κ1) is 10.5. The second-order valence-electron chi connectivity index (χ2n) is 4.34. The van der Waals surface area contributed by atoms with Crippen LogP contribution in [0.3, 0.4) is 0 Å². The van der Waals surface area contributed by atoms with Crippen LogP contribution >= 0.6 is 0 Å². The molecular weight excluding hydrogens is 188 g/mol. The summed E-state index contributed by atoms with van der Waals surface area (Å²) in [6.07, 6.45) is 1.87. The zero-order valence-corrected chi connectivity index (χ0v) is 9.42. The van der Waals surface area contributed by atoms with Gasteiger partial charge in [0.1, 0.15) is 5.75 Å². The van der Waals surface area contributed by atoms with E-state index in [0.717, 1.165) is 25.2 Å². The van der Waals surface area contributed by atoms with E-state index >= 15 is 0 Å². The highest BCUT2D eigenvalue weighted by Gasteiger charge is 2.22. The molecule has 0 aliphatic carbocycles. The van der Waals surface area contributed by atoms with Crippen molar-refractivity contribution in [3.05, 3.63) is 28.8 Å². The molecular formula is C13H18O2. The molecule has 1 aliphatic heterocycles. The standard InChI is InChI=1S/C13H18O2/c1-9-7-10(2)13-11(3-5-14)4-6-15-12(13)8-9/h7-8,11,14H,3-6H2,1-2H3. The molecule has 2 nitrogen and oxygen atoms in total. The second-order valence-corrected chi connectivity index (χ2v) is 4.34. The minimum absolute atomic E-state index is 0.261. The Kier molecular flexibility index (Phi) is 2.96. The van der Waals surface area contributed by atoms with Crippen LogP contribution in [0, 0.1) is 13.8 Å². The van der Waals surface area contributed by atoms with Gasteiger partial charge in [-0.05, 0) is 49.8 Å². The fourth-order valence-corrected chi connectivity index (χ4v) is 2.48. The van der Waals surface area contributed by atoms with Gasteiger partial charge in [-0.25, -0.2) is 0 Å². The number of hydrogen-bond donors (Lipinski definition) is 1. The van der Waals surface area contributed by atoms with Crippen molar-refractivity contribution >= 4 is 0 Å². The average molecular weight is 206 g/mol. The maximum atomic E-state index is 9.05. The molecule has 1 atom stereocenters. The smallest absolute Gasteiger partial charge is 0.123 e. The number of aliphatic hydroxyl groups excluding tert-OH is 1. The molecule has 0 saturated carbocycles. The first-order valence-corrected chi connectivity index (χ1v) is 5.57. The van der Waals surface area contributed by atoms with E-state index in [0.29, 0.717) is 5.92 Å². The van der Waals surface area contributed by atoms with Gasteiger partial charge in [-0.2, -0.15) is 0 Å². The van der Waals surface area contributed by atoms with Crippen LogP contribution < -0.4 is 4.74 Å². The summed E-state index contributed by atoms with van der Waals surface area (Å²) in [4.78, 5) is 0. The minimum Gasteiger partial charge on any atom is -0.493 e. The SMILES string of the molecule is Cc1cc(C)c2c(c1)OCCC2CCO. The van der Waals surface area contributed by atoms with Gasteiger partial charge in [-0.1, -0.05) is 6.07 Å². The molecule has 2 rings (SSSR count). The van der Waals surface area contributed by atoms with Crippen molar-refractivity contribution in [1.82, 2.24) is 0 Å². The number of fused-ring (bicyclic) bond motifs is 1. The zero-order valence-electron chi connectivity index (χ0n) is 9.42. The van der Waals surface area contributed by atoms with Crippen molar-refractivity contribution < 1.29 is 9.84 Å². The lowest BCUT2D eigenvalue weighted by Crippen LogP contribution is -2.16. The van der Waals surface area contributed by atoms with Crippen LogP contribution in [0.5, 0.6) is 5.75 Å². The van der Waals surface area contributed by atoms with E-state index in [1.165, 1.54) is 16.7 Å². The third-order valence-corrected chi connectivity index (χ3v) is 3.10. The van der Waals surface area contributed by atoms with Gasteiger partial charge in [-0.3, -0.25) is 0 Å². The summed E-state index contributed by atoms with van der Waals surface area (Å²) >= 11 is 0. The molecule has 15 heavy (non-hydrogen) atoms. The van der Waals surface area contributed by atoms with Crippen LogP contribution in [-0.4, -0.2) is 18.3 Å². The van der Waals surface area contributed by atoms with Crippen LogP contribution in [0.15, 0.2) is 12.1 Å². The molecule has 1 aliphatic rings. The van der Waals surface area contributed by atoms with Crippen LogP contribution in [0.25, 0.3) is 0 Å². The Hall–Kier alpha value is -1.02. The molecule has 0 radical (unpaired) electrons. The molecule has 1 heterocycles. The average Bonchev–Trinajstić information content (AvgIpc) is 2.17. The van der Waals surface area contributed by atoms with E-state index in [1.54, 1.807) is 0 Å². The molecule has 0 fully saturated rings. The molecule has 1 N–H and O–H groups in total. The van der Waals surface area contributed by atoms with Crippen LogP contribution in [0.4, 0.5) is 0 Å². The van der Waals surface area contributed by atoms with Crippen LogP contribution in [-0.2, 0) is 0 Å². The van der Waals surface area contributed by atoms with Gasteiger partial charge in [-0.15, -0.1) is 0 Å². The summed E-state index contributed by atoms with van der Waals surface area (Å²) in [5.74, 6) is 1.50. The maximum absolute atomic E-state index is 9.05. The Bertz CT molecular complexity index is 358. The van der Waals surface area contributed by atoms with Crippen molar-refractivity contribution in [2.45, 2.75) is 32.6 Å². The highest BCUT2D eigenvalue weighted by atomic mass is 16.5.